The molecule has 6 nitrogen and oxygen atoms in total. The molecular weight excluding hydrogens is 316 g/mol. The highest BCUT2D eigenvalue weighted by atomic mass is 32.2. The van der Waals surface area contributed by atoms with E-state index in [1.165, 1.54) is 4.90 Å². The Kier molecular flexibility index (Phi) is 6.75. The number of sulfone groups is 1. The number of rotatable bonds is 7. The first-order chi connectivity index (χ1) is 10.7. The maximum atomic E-state index is 12.4. The van der Waals surface area contributed by atoms with Crippen molar-refractivity contribution in [1.29, 1.82) is 0 Å². The smallest absolute Gasteiger partial charge is 0.254 e. The molecule has 0 N–H and O–H groups in total. The van der Waals surface area contributed by atoms with E-state index >= 15 is 0 Å². The first-order valence-electron chi connectivity index (χ1n) is 7.47. The fourth-order valence-corrected chi connectivity index (χ4v) is 3.05. The van der Waals surface area contributed by atoms with Gasteiger partial charge in [0, 0.05) is 32.0 Å². The Hall–Kier alpha value is -1.89. The lowest BCUT2D eigenvalue weighted by molar-refractivity contribution is -0.131. The Bertz CT molecular complexity index is 666. The molecule has 23 heavy (non-hydrogen) atoms. The number of hydrogen-bond donors (Lipinski definition) is 0. The summed E-state index contributed by atoms with van der Waals surface area (Å²) in [5, 5.41) is 0. The van der Waals surface area contributed by atoms with Crippen molar-refractivity contribution in [2.24, 2.45) is 0 Å². The Balaban J connectivity index is 2.84. The SMILES string of the molecule is CCN(CC)C(=O)CN(C)C(=O)c1cccc(CS(C)(=O)=O)c1. The van der Waals surface area contributed by atoms with Gasteiger partial charge in [-0.3, -0.25) is 9.59 Å². The zero-order chi connectivity index (χ0) is 17.6. The van der Waals surface area contributed by atoms with Crippen LogP contribution in [-0.2, 0) is 20.4 Å². The van der Waals surface area contributed by atoms with E-state index in [2.05, 4.69) is 0 Å². The van der Waals surface area contributed by atoms with Crippen LogP contribution in [-0.4, -0.2) is 63.0 Å². The standard InChI is InChI=1S/C16H24N2O4S/c1-5-18(6-2)15(19)11-17(3)16(20)14-9-7-8-13(10-14)12-23(4,21)22/h7-10H,5-6,11-12H2,1-4H3. The molecule has 0 aromatic heterocycles. The van der Waals surface area contributed by atoms with Gasteiger partial charge in [0.1, 0.15) is 0 Å². The van der Waals surface area contributed by atoms with Crippen LogP contribution >= 0.6 is 0 Å². The molecule has 2 amide bonds. The second kappa shape index (κ2) is 8.10. The van der Waals surface area contributed by atoms with E-state index in [9.17, 15) is 18.0 Å². The molecular formula is C16H24N2O4S. The normalized spacial score (nSPS) is 11.1. The molecule has 0 unspecified atom stereocenters. The highest BCUT2D eigenvalue weighted by Crippen LogP contribution is 2.11. The fourth-order valence-electron chi connectivity index (χ4n) is 2.27. The van der Waals surface area contributed by atoms with Gasteiger partial charge in [0.2, 0.25) is 5.91 Å². The third kappa shape index (κ3) is 6.02. The van der Waals surface area contributed by atoms with Gasteiger partial charge in [0.05, 0.1) is 12.3 Å². The molecule has 0 saturated heterocycles. The van der Waals surface area contributed by atoms with Crippen LogP contribution in [0.25, 0.3) is 0 Å². The Morgan fingerprint density at radius 2 is 1.74 bits per heavy atom. The summed E-state index contributed by atoms with van der Waals surface area (Å²) in [6, 6.07) is 6.49. The van der Waals surface area contributed by atoms with Crippen molar-refractivity contribution in [3.05, 3.63) is 35.4 Å². The summed E-state index contributed by atoms with van der Waals surface area (Å²) in [5.74, 6) is -0.532. The van der Waals surface area contributed by atoms with Crippen LogP contribution in [0.1, 0.15) is 29.8 Å². The van der Waals surface area contributed by atoms with Crippen LogP contribution in [0.15, 0.2) is 24.3 Å². The van der Waals surface area contributed by atoms with Crippen LogP contribution in [0.2, 0.25) is 0 Å². The van der Waals surface area contributed by atoms with Crippen LogP contribution in [0, 0.1) is 0 Å². The van der Waals surface area contributed by atoms with E-state index in [-0.39, 0.29) is 24.1 Å². The lowest BCUT2D eigenvalue weighted by Crippen LogP contribution is -2.41. The molecule has 0 bridgehead atoms. The number of likely N-dealkylation sites (N-methyl/N-ethyl adjacent to an activating group) is 2. The van der Waals surface area contributed by atoms with Crippen molar-refractivity contribution < 1.29 is 18.0 Å². The van der Waals surface area contributed by atoms with Crippen LogP contribution in [0.4, 0.5) is 0 Å². The minimum Gasteiger partial charge on any atom is -0.342 e. The molecule has 0 fully saturated rings. The zero-order valence-corrected chi connectivity index (χ0v) is 14.9. The summed E-state index contributed by atoms with van der Waals surface area (Å²) in [7, 11) is -1.60. The Morgan fingerprint density at radius 1 is 1.13 bits per heavy atom. The third-order valence-corrected chi connectivity index (χ3v) is 4.30. The third-order valence-electron chi connectivity index (χ3n) is 3.44. The van der Waals surface area contributed by atoms with E-state index in [0.717, 1.165) is 6.26 Å². The van der Waals surface area contributed by atoms with Crippen LogP contribution < -0.4 is 0 Å². The highest BCUT2D eigenvalue weighted by Gasteiger charge is 2.18. The van der Waals surface area contributed by atoms with Gasteiger partial charge in [-0.05, 0) is 31.5 Å². The van der Waals surface area contributed by atoms with Crippen molar-refractivity contribution in [3.8, 4) is 0 Å². The molecule has 0 aliphatic carbocycles. The number of hydrogen-bond acceptors (Lipinski definition) is 4. The lowest BCUT2D eigenvalue weighted by atomic mass is 10.1. The van der Waals surface area contributed by atoms with Gasteiger partial charge in [-0.2, -0.15) is 0 Å². The van der Waals surface area contributed by atoms with Crippen molar-refractivity contribution in [2.75, 3.05) is 32.9 Å². The summed E-state index contributed by atoms with van der Waals surface area (Å²) >= 11 is 0. The molecule has 0 saturated carbocycles. The van der Waals surface area contributed by atoms with Gasteiger partial charge in [0.25, 0.3) is 5.91 Å². The largest absolute Gasteiger partial charge is 0.342 e. The molecule has 0 aliphatic rings. The second-order valence-electron chi connectivity index (χ2n) is 5.50. The average molecular weight is 340 g/mol. The maximum absolute atomic E-state index is 12.4. The Labute approximate surface area is 138 Å². The molecule has 0 aliphatic heterocycles. The first kappa shape index (κ1) is 19.2. The number of nitrogens with zero attached hydrogens (tertiary/aromatic N) is 2. The predicted molar refractivity (Wildman–Crippen MR) is 89.9 cm³/mol. The van der Waals surface area contributed by atoms with Gasteiger partial charge >= 0.3 is 0 Å². The fraction of sp³-hybridized carbons (Fsp3) is 0.500. The molecule has 1 aromatic rings. The van der Waals surface area contributed by atoms with Crippen molar-refractivity contribution in [2.45, 2.75) is 19.6 Å². The van der Waals surface area contributed by atoms with Gasteiger partial charge < -0.3 is 9.80 Å². The molecule has 0 radical (unpaired) electrons. The van der Waals surface area contributed by atoms with E-state index in [1.807, 2.05) is 13.8 Å². The summed E-state index contributed by atoms with van der Waals surface area (Å²) < 4.78 is 22.7. The minimum atomic E-state index is -3.16. The molecule has 0 heterocycles. The average Bonchev–Trinajstić information content (AvgIpc) is 2.46. The maximum Gasteiger partial charge on any atom is 0.254 e. The summed E-state index contributed by atoms with van der Waals surface area (Å²) in [6.07, 6.45) is 1.15. The molecule has 1 aromatic carbocycles. The van der Waals surface area contributed by atoms with E-state index < -0.39 is 9.84 Å². The van der Waals surface area contributed by atoms with E-state index in [4.69, 9.17) is 0 Å². The highest BCUT2D eigenvalue weighted by molar-refractivity contribution is 7.89. The number of benzene rings is 1. The van der Waals surface area contributed by atoms with Gasteiger partial charge in [-0.1, -0.05) is 12.1 Å². The van der Waals surface area contributed by atoms with Crippen molar-refractivity contribution in [3.63, 3.8) is 0 Å². The molecule has 1 rings (SSSR count). The number of carbonyl (C=O) groups is 2. The molecule has 0 atom stereocenters. The van der Waals surface area contributed by atoms with Crippen molar-refractivity contribution >= 4 is 21.7 Å². The summed E-state index contributed by atoms with van der Waals surface area (Å²) in [6.45, 7) is 4.97. The summed E-state index contributed by atoms with van der Waals surface area (Å²) in [4.78, 5) is 27.5. The topological polar surface area (TPSA) is 74.8 Å². The number of amides is 2. The van der Waals surface area contributed by atoms with Crippen LogP contribution in [0.5, 0.6) is 0 Å². The quantitative estimate of drug-likeness (QED) is 0.747. The van der Waals surface area contributed by atoms with E-state index in [0.29, 0.717) is 24.2 Å². The lowest BCUT2D eigenvalue weighted by Gasteiger charge is -2.23. The summed E-state index contributed by atoms with van der Waals surface area (Å²) in [5.41, 5.74) is 0.933. The minimum absolute atomic E-state index is 0.00316. The molecule has 0 spiro atoms. The van der Waals surface area contributed by atoms with Gasteiger partial charge in [-0.15, -0.1) is 0 Å². The van der Waals surface area contributed by atoms with Gasteiger partial charge in [-0.25, -0.2) is 8.42 Å². The van der Waals surface area contributed by atoms with Crippen LogP contribution in [0.3, 0.4) is 0 Å². The molecule has 7 heteroatoms. The predicted octanol–water partition coefficient (Wildman–Crippen LogP) is 1.17. The number of carbonyl (C=O) groups excluding carboxylic acids is 2. The van der Waals surface area contributed by atoms with E-state index in [1.54, 1.807) is 36.2 Å². The Morgan fingerprint density at radius 3 is 2.26 bits per heavy atom. The zero-order valence-electron chi connectivity index (χ0n) is 14.1. The van der Waals surface area contributed by atoms with Crippen molar-refractivity contribution in [1.82, 2.24) is 9.80 Å². The monoisotopic (exact) mass is 340 g/mol. The first-order valence-corrected chi connectivity index (χ1v) is 9.53. The molecule has 128 valence electrons. The second-order valence-corrected chi connectivity index (χ2v) is 7.64. The van der Waals surface area contributed by atoms with Gasteiger partial charge in [0.15, 0.2) is 9.84 Å².